The summed E-state index contributed by atoms with van der Waals surface area (Å²) < 4.78 is 4.91. The van der Waals surface area contributed by atoms with Crippen LogP contribution in [0.5, 0.6) is 0 Å². The molecule has 2 rings (SSSR count). The van der Waals surface area contributed by atoms with E-state index >= 15 is 0 Å². The van der Waals surface area contributed by atoms with Crippen molar-refractivity contribution in [2.75, 3.05) is 32.8 Å². The van der Waals surface area contributed by atoms with E-state index < -0.39 is 18.0 Å². The molecule has 8 nitrogen and oxygen atoms in total. The number of hydrogen-bond acceptors (Lipinski definition) is 5. The third-order valence-corrected chi connectivity index (χ3v) is 3.33. The van der Waals surface area contributed by atoms with Crippen LogP contribution in [0.3, 0.4) is 0 Å². The Kier molecular flexibility index (Phi) is 4.92. The quantitative estimate of drug-likeness (QED) is 0.882. The average Bonchev–Trinajstić information content (AvgIpc) is 2.54. The highest BCUT2D eigenvalue weighted by molar-refractivity contribution is 6.03. The van der Waals surface area contributed by atoms with Crippen molar-refractivity contribution in [3.05, 3.63) is 29.6 Å². The maximum atomic E-state index is 12.4. The SMILES string of the molecule is CCOC(=O)N1CCN(C(=O)c2ncccc2C(=O)O)CC1. The summed E-state index contributed by atoms with van der Waals surface area (Å²) in [7, 11) is 0. The second-order valence-corrected chi connectivity index (χ2v) is 4.68. The van der Waals surface area contributed by atoms with Crippen LogP contribution in [0.25, 0.3) is 0 Å². The zero-order valence-electron chi connectivity index (χ0n) is 12.2. The molecule has 0 bridgehead atoms. The minimum Gasteiger partial charge on any atom is -0.478 e. The monoisotopic (exact) mass is 307 g/mol. The lowest BCUT2D eigenvalue weighted by Gasteiger charge is -2.34. The van der Waals surface area contributed by atoms with Crippen molar-refractivity contribution in [3.8, 4) is 0 Å². The van der Waals surface area contributed by atoms with E-state index in [1.54, 1.807) is 6.92 Å². The van der Waals surface area contributed by atoms with E-state index in [-0.39, 0.29) is 11.3 Å². The normalized spacial score (nSPS) is 14.6. The topological polar surface area (TPSA) is 100 Å². The molecule has 0 unspecified atom stereocenters. The zero-order valence-corrected chi connectivity index (χ0v) is 12.2. The number of ether oxygens (including phenoxy) is 1. The van der Waals surface area contributed by atoms with Crippen molar-refractivity contribution < 1.29 is 24.2 Å². The molecule has 1 aromatic heterocycles. The van der Waals surface area contributed by atoms with Crippen LogP contribution < -0.4 is 0 Å². The molecule has 2 amide bonds. The first-order chi connectivity index (χ1) is 10.5. The number of carbonyl (C=O) groups is 3. The fourth-order valence-corrected chi connectivity index (χ4v) is 2.20. The summed E-state index contributed by atoms with van der Waals surface area (Å²) in [4.78, 5) is 42.0. The van der Waals surface area contributed by atoms with Crippen molar-refractivity contribution in [2.45, 2.75) is 6.92 Å². The third kappa shape index (κ3) is 3.33. The Morgan fingerprint density at radius 3 is 2.45 bits per heavy atom. The standard InChI is InChI=1S/C14H17N3O5/c1-2-22-14(21)17-8-6-16(7-9-17)12(18)11-10(13(19)20)4-3-5-15-11/h3-5H,2,6-9H2,1H3,(H,19,20). The Balaban J connectivity index is 2.04. The van der Waals surface area contributed by atoms with Gasteiger partial charge in [-0.15, -0.1) is 0 Å². The van der Waals surface area contributed by atoms with E-state index in [1.165, 1.54) is 28.1 Å². The van der Waals surface area contributed by atoms with Crippen molar-refractivity contribution >= 4 is 18.0 Å². The maximum Gasteiger partial charge on any atom is 0.409 e. The van der Waals surface area contributed by atoms with E-state index in [4.69, 9.17) is 9.84 Å². The highest BCUT2D eigenvalue weighted by Crippen LogP contribution is 2.12. The van der Waals surface area contributed by atoms with Crippen LogP contribution in [0.15, 0.2) is 18.3 Å². The fourth-order valence-electron chi connectivity index (χ4n) is 2.20. The van der Waals surface area contributed by atoms with Crippen molar-refractivity contribution in [2.24, 2.45) is 0 Å². The van der Waals surface area contributed by atoms with Crippen molar-refractivity contribution in [1.82, 2.24) is 14.8 Å². The van der Waals surface area contributed by atoms with Gasteiger partial charge in [0.2, 0.25) is 0 Å². The Morgan fingerprint density at radius 2 is 1.86 bits per heavy atom. The van der Waals surface area contributed by atoms with Crippen LogP contribution in [0, 0.1) is 0 Å². The number of aromatic nitrogens is 1. The summed E-state index contributed by atoms with van der Waals surface area (Å²) >= 11 is 0. The molecule has 1 aliphatic rings. The first kappa shape index (κ1) is 15.7. The van der Waals surface area contributed by atoms with Gasteiger partial charge in [-0.25, -0.2) is 9.59 Å². The average molecular weight is 307 g/mol. The van der Waals surface area contributed by atoms with Crippen LogP contribution in [0.1, 0.15) is 27.8 Å². The van der Waals surface area contributed by atoms with Crippen LogP contribution in [-0.2, 0) is 4.74 Å². The highest BCUT2D eigenvalue weighted by Gasteiger charge is 2.28. The van der Waals surface area contributed by atoms with Gasteiger partial charge >= 0.3 is 12.1 Å². The number of carbonyl (C=O) groups excluding carboxylic acids is 2. The highest BCUT2D eigenvalue weighted by atomic mass is 16.6. The van der Waals surface area contributed by atoms with E-state index in [0.717, 1.165) is 0 Å². The number of piperazine rings is 1. The lowest BCUT2D eigenvalue weighted by atomic mass is 10.1. The molecule has 2 heterocycles. The molecule has 1 aliphatic heterocycles. The number of carboxylic acids is 1. The van der Waals surface area contributed by atoms with Gasteiger partial charge in [0.05, 0.1) is 12.2 Å². The zero-order chi connectivity index (χ0) is 16.1. The Bertz CT molecular complexity index is 582. The number of aromatic carboxylic acids is 1. The van der Waals surface area contributed by atoms with Crippen LogP contribution in [0.4, 0.5) is 4.79 Å². The third-order valence-electron chi connectivity index (χ3n) is 3.33. The van der Waals surface area contributed by atoms with E-state index in [1.807, 2.05) is 0 Å². The maximum absolute atomic E-state index is 12.4. The molecule has 1 fully saturated rings. The van der Waals surface area contributed by atoms with E-state index in [2.05, 4.69) is 4.98 Å². The molecule has 1 N–H and O–H groups in total. The fraction of sp³-hybridized carbons (Fsp3) is 0.429. The van der Waals surface area contributed by atoms with Gasteiger partial charge in [-0.2, -0.15) is 0 Å². The largest absolute Gasteiger partial charge is 0.478 e. The summed E-state index contributed by atoms with van der Waals surface area (Å²) in [6, 6.07) is 2.82. The molecular formula is C14H17N3O5. The molecule has 0 saturated carbocycles. The lowest BCUT2D eigenvalue weighted by Crippen LogP contribution is -2.51. The number of carboxylic acid groups (broad SMARTS) is 1. The van der Waals surface area contributed by atoms with Crippen LogP contribution >= 0.6 is 0 Å². The molecule has 0 atom stereocenters. The Labute approximate surface area is 127 Å². The first-order valence-corrected chi connectivity index (χ1v) is 6.94. The summed E-state index contributed by atoms with van der Waals surface area (Å²) in [5.74, 6) is -1.64. The molecule has 0 aromatic carbocycles. The Hall–Kier alpha value is -2.64. The van der Waals surface area contributed by atoms with Gasteiger partial charge in [0, 0.05) is 32.4 Å². The lowest BCUT2D eigenvalue weighted by molar-refractivity contribution is 0.0557. The molecule has 0 spiro atoms. The molecule has 0 aliphatic carbocycles. The molecule has 8 heteroatoms. The number of amides is 2. The molecular weight excluding hydrogens is 290 g/mol. The summed E-state index contributed by atoms with van der Waals surface area (Å²) in [5.41, 5.74) is -0.208. The molecule has 22 heavy (non-hydrogen) atoms. The van der Waals surface area contributed by atoms with Gasteiger partial charge in [0.15, 0.2) is 0 Å². The predicted molar refractivity (Wildman–Crippen MR) is 75.7 cm³/mol. The number of rotatable bonds is 3. The van der Waals surface area contributed by atoms with E-state index in [9.17, 15) is 14.4 Å². The minimum absolute atomic E-state index is 0.0837. The first-order valence-electron chi connectivity index (χ1n) is 6.94. The van der Waals surface area contributed by atoms with Gasteiger partial charge in [-0.3, -0.25) is 9.78 Å². The number of pyridine rings is 1. The summed E-state index contributed by atoms with van der Waals surface area (Å²) in [6.07, 6.45) is 0.979. The molecule has 0 radical (unpaired) electrons. The summed E-state index contributed by atoms with van der Waals surface area (Å²) in [5, 5.41) is 9.11. The Morgan fingerprint density at radius 1 is 1.23 bits per heavy atom. The second kappa shape index (κ2) is 6.88. The number of nitrogens with zero attached hydrogens (tertiary/aromatic N) is 3. The van der Waals surface area contributed by atoms with Gasteiger partial charge in [-0.1, -0.05) is 0 Å². The number of hydrogen-bond donors (Lipinski definition) is 1. The van der Waals surface area contributed by atoms with Gasteiger partial charge < -0.3 is 19.6 Å². The molecule has 1 saturated heterocycles. The van der Waals surface area contributed by atoms with Crippen molar-refractivity contribution in [3.63, 3.8) is 0 Å². The smallest absolute Gasteiger partial charge is 0.409 e. The van der Waals surface area contributed by atoms with Crippen LogP contribution in [0.2, 0.25) is 0 Å². The predicted octanol–water partition coefficient (Wildman–Crippen LogP) is 0.694. The second-order valence-electron chi connectivity index (χ2n) is 4.68. The summed E-state index contributed by atoms with van der Waals surface area (Å²) in [6.45, 7) is 3.35. The van der Waals surface area contributed by atoms with Crippen LogP contribution in [-0.4, -0.2) is 70.6 Å². The van der Waals surface area contributed by atoms with E-state index in [0.29, 0.717) is 32.8 Å². The van der Waals surface area contributed by atoms with Crippen molar-refractivity contribution in [1.29, 1.82) is 0 Å². The van der Waals surface area contributed by atoms with Gasteiger partial charge in [-0.05, 0) is 19.1 Å². The van der Waals surface area contributed by atoms with Gasteiger partial charge in [0.1, 0.15) is 5.69 Å². The van der Waals surface area contributed by atoms with Gasteiger partial charge in [0.25, 0.3) is 5.91 Å². The molecule has 1 aromatic rings. The molecule has 118 valence electrons. The minimum atomic E-state index is -1.19.